The van der Waals surface area contributed by atoms with Gasteiger partial charge in [-0.25, -0.2) is 0 Å². The molecule has 0 aliphatic heterocycles. The van der Waals surface area contributed by atoms with E-state index >= 15 is 0 Å². The fourth-order valence-corrected chi connectivity index (χ4v) is 2.17. The van der Waals surface area contributed by atoms with Gasteiger partial charge >= 0.3 is 0 Å². The van der Waals surface area contributed by atoms with Gasteiger partial charge in [0.25, 0.3) is 0 Å². The van der Waals surface area contributed by atoms with Crippen LogP contribution in [0.1, 0.15) is 18.7 Å². The third-order valence-electron chi connectivity index (χ3n) is 2.33. The molecule has 5 heteroatoms. The van der Waals surface area contributed by atoms with Crippen molar-refractivity contribution in [3.8, 4) is 0 Å². The maximum absolute atomic E-state index is 12.1. The summed E-state index contributed by atoms with van der Waals surface area (Å²) < 4.78 is 5.02. The van der Waals surface area contributed by atoms with Gasteiger partial charge in [-0.1, -0.05) is 6.07 Å². The van der Waals surface area contributed by atoms with Crippen LogP contribution in [0.3, 0.4) is 0 Å². The van der Waals surface area contributed by atoms with Gasteiger partial charge in [0, 0.05) is 18.5 Å². The van der Waals surface area contributed by atoms with Gasteiger partial charge in [-0.05, 0) is 25.3 Å². The lowest BCUT2D eigenvalue weighted by Gasteiger charge is -2.28. The zero-order valence-electron chi connectivity index (χ0n) is 10.6. The second-order valence-electron chi connectivity index (χ2n) is 4.52. The third kappa shape index (κ3) is 4.46. The van der Waals surface area contributed by atoms with E-state index in [1.165, 1.54) is 0 Å². The van der Waals surface area contributed by atoms with Crippen molar-refractivity contribution >= 4 is 17.2 Å². The van der Waals surface area contributed by atoms with Gasteiger partial charge < -0.3 is 15.4 Å². The molecule has 1 rings (SSSR count). The van der Waals surface area contributed by atoms with Crippen LogP contribution in [0.25, 0.3) is 0 Å². The number of ether oxygens (including phenoxy) is 1. The van der Waals surface area contributed by atoms with Crippen LogP contribution < -0.4 is 5.73 Å². The highest BCUT2D eigenvalue weighted by atomic mass is 32.1. The van der Waals surface area contributed by atoms with E-state index in [9.17, 15) is 4.79 Å². The molecule has 96 valence electrons. The predicted molar refractivity (Wildman–Crippen MR) is 69.9 cm³/mol. The average Bonchev–Trinajstić information content (AvgIpc) is 2.74. The third-order valence-corrected chi connectivity index (χ3v) is 3.19. The molecule has 0 atom stereocenters. The lowest BCUT2D eigenvalue weighted by atomic mass is 10.1. The van der Waals surface area contributed by atoms with E-state index in [4.69, 9.17) is 10.5 Å². The first-order valence-corrected chi connectivity index (χ1v) is 6.42. The van der Waals surface area contributed by atoms with Crippen LogP contribution in [0.2, 0.25) is 0 Å². The van der Waals surface area contributed by atoms with Crippen LogP contribution in [-0.2, 0) is 16.1 Å². The number of nitrogens with zero attached hydrogens (tertiary/aromatic N) is 1. The zero-order valence-corrected chi connectivity index (χ0v) is 11.4. The van der Waals surface area contributed by atoms with E-state index in [-0.39, 0.29) is 5.91 Å². The van der Waals surface area contributed by atoms with Gasteiger partial charge in [-0.2, -0.15) is 0 Å². The monoisotopic (exact) mass is 256 g/mol. The summed E-state index contributed by atoms with van der Waals surface area (Å²) in [6, 6.07) is 3.99. The van der Waals surface area contributed by atoms with Gasteiger partial charge in [0.1, 0.15) is 0 Å². The molecule has 0 aliphatic carbocycles. The predicted octanol–water partition coefficient (Wildman–Crippen LogP) is 1.46. The van der Waals surface area contributed by atoms with Crippen molar-refractivity contribution in [3.05, 3.63) is 22.4 Å². The van der Waals surface area contributed by atoms with Crippen LogP contribution in [-0.4, -0.2) is 36.6 Å². The lowest BCUT2D eigenvalue weighted by Crippen LogP contribution is -2.51. The molecular formula is C12H20N2O2S. The van der Waals surface area contributed by atoms with Crippen molar-refractivity contribution < 1.29 is 9.53 Å². The molecule has 0 aromatic carbocycles. The minimum absolute atomic E-state index is 0.0528. The molecule has 1 aromatic heterocycles. The number of nitrogens with two attached hydrogens (primary N) is 1. The molecule has 0 saturated heterocycles. The van der Waals surface area contributed by atoms with E-state index in [1.807, 2.05) is 17.5 Å². The molecule has 0 unspecified atom stereocenters. The van der Waals surface area contributed by atoms with E-state index in [0.717, 1.165) is 4.88 Å². The van der Waals surface area contributed by atoms with Crippen LogP contribution in [0.15, 0.2) is 17.5 Å². The highest BCUT2D eigenvalue weighted by Gasteiger charge is 2.27. The number of rotatable bonds is 6. The fourth-order valence-electron chi connectivity index (χ4n) is 1.45. The Bertz CT molecular complexity index is 344. The number of thiophene rings is 1. The van der Waals surface area contributed by atoms with Crippen LogP contribution in [0.4, 0.5) is 0 Å². The highest BCUT2D eigenvalue weighted by molar-refractivity contribution is 7.09. The lowest BCUT2D eigenvalue weighted by molar-refractivity contribution is -0.137. The van der Waals surface area contributed by atoms with Crippen molar-refractivity contribution in [1.82, 2.24) is 4.90 Å². The molecule has 0 saturated carbocycles. The largest absolute Gasteiger partial charge is 0.383 e. The summed E-state index contributed by atoms with van der Waals surface area (Å²) in [5.41, 5.74) is 5.01. The Morgan fingerprint density at radius 3 is 2.76 bits per heavy atom. The van der Waals surface area contributed by atoms with Gasteiger partial charge in [0.05, 0.1) is 18.7 Å². The summed E-state index contributed by atoms with van der Waals surface area (Å²) in [4.78, 5) is 15.0. The SMILES string of the molecule is COCCN(Cc1cccs1)C(=O)C(C)(C)N. The standard InChI is InChI=1S/C12H20N2O2S/c1-12(2,13)11(15)14(6-7-16-3)9-10-5-4-8-17-10/h4-5,8H,6-7,9,13H2,1-3H3. The maximum atomic E-state index is 12.1. The second-order valence-corrected chi connectivity index (χ2v) is 5.55. The topological polar surface area (TPSA) is 55.6 Å². The van der Waals surface area contributed by atoms with Crippen molar-refractivity contribution in [2.75, 3.05) is 20.3 Å². The second kappa shape index (κ2) is 6.14. The Morgan fingerprint density at radius 2 is 2.29 bits per heavy atom. The van der Waals surface area contributed by atoms with Crippen molar-refractivity contribution in [2.45, 2.75) is 25.9 Å². The molecule has 0 bridgehead atoms. The van der Waals surface area contributed by atoms with Gasteiger partial charge in [0.15, 0.2) is 0 Å². The fraction of sp³-hybridized carbons (Fsp3) is 0.583. The number of carbonyl (C=O) groups is 1. The van der Waals surface area contributed by atoms with Gasteiger partial charge in [-0.3, -0.25) is 4.79 Å². The molecule has 0 aliphatic rings. The molecule has 1 amide bonds. The quantitative estimate of drug-likeness (QED) is 0.838. The molecule has 0 fully saturated rings. The van der Waals surface area contributed by atoms with Gasteiger partial charge in [-0.15, -0.1) is 11.3 Å². The summed E-state index contributed by atoms with van der Waals surface area (Å²) >= 11 is 1.64. The number of amides is 1. The van der Waals surface area contributed by atoms with Crippen molar-refractivity contribution in [2.24, 2.45) is 5.73 Å². The van der Waals surface area contributed by atoms with E-state index < -0.39 is 5.54 Å². The van der Waals surface area contributed by atoms with Crippen LogP contribution in [0, 0.1) is 0 Å². The first-order chi connectivity index (χ1) is 7.95. The maximum Gasteiger partial charge on any atom is 0.242 e. The number of hydrogen-bond acceptors (Lipinski definition) is 4. The van der Waals surface area contributed by atoms with E-state index in [0.29, 0.717) is 19.7 Å². The minimum Gasteiger partial charge on any atom is -0.383 e. The molecule has 17 heavy (non-hydrogen) atoms. The Balaban J connectivity index is 2.70. The minimum atomic E-state index is -0.842. The smallest absolute Gasteiger partial charge is 0.242 e. The van der Waals surface area contributed by atoms with Crippen LogP contribution in [0.5, 0.6) is 0 Å². The van der Waals surface area contributed by atoms with Gasteiger partial charge in [0.2, 0.25) is 5.91 Å². The molecule has 4 nitrogen and oxygen atoms in total. The molecule has 1 heterocycles. The Morgan fingerprint density at radius 1 is 1.59 bits per heavy atom. The first-order valence-electron chi connectivity index (χ1n) is 5.54. The Hall–Kier alpha value is -0.910. The molecule has 1 aromatic rings. The molecule has 2 N–H and O–H groups in total. The highest BCUT2D eigenvalue weighted by Crippen LogP contribution is 2.14. The number of methoxy groups -OCH3 is 1. The molecular weight excluding hydrogens is 236 g/mol. The number of carbonyl (C=O) groups excluding carboxylic acids is 1. The van der Waals surface area contributed by atoms with Crippen LogP contribution >= 0.6 is 11.3 Å². The normalized spacial score (nSPS) is 11.5. The van der Waals surface area contributed by atoms with E-state index in [1.54, 1.807) is 37.2 Å². The Labute approximate surface area is 106 Å². The van der Waals surface area contributed by atoms with Crippen molar-refractivity contribution in [3.63, 3.8) is 0 Å². The summed E-state index contributed by atoms with van der Waals surface area (Å²) in [6.45, 7) is 5.13. The average molecular weight is 256 g/mol. The van der Waals surface area contributed by atoms with E-state index in [2.05, 4.69) is 0 Å². The zero-order chi connectivity index (χ0) is 12.9. The first kappa shape index (κ1) is 14.2. The molecule has 0 spiro atoms. The summed E-state index contributed by atoms with van der Waals surface area (Å²) in [5.74, 6) is -0.0528. The number of hydrogen-bond donors (Lipinski definition) is 1. The Kier molecular flexibility index (Phi) is 5.11. The summed E-state index contributed by atoms with van der Waals surface area (Å²) in [7, 11) is 1.63. The van der Waals surface area contributed by atoms with Crippen molar-refractivity contribution in [1.29, 1.82) is 0 Å². The molecule has 0 radical (unpaired) electrons. The summed E-state index contributed by atoms with van der Waals surface area (Å²) in [6.07, 6.45) is 0. The summed E-state index contributed by atoms with van der Waals surface area (Å²) in [5, 5.41) is 2.00.